The second-order valence-corrected chi connectivity index (χ2v) is 8.85. The van der Waals surface area contributed by atoms with Crippen LogP contribution < -0.4 is 29.6 Å². The highest BCUT2D eigenvalue weighted by Gasteiger charge is 2.23. The third-order valence-electron chi connectivity index (χ3n) is 4.94. The molecule has 2 aliphatic heterocycles. The molecule has 0 bridgehead atoms. The maximum Gasteiger partial charge on any atom is 0.262 e. The van der Waals surface area contributed by atoms with Crippen molar-refractivity contribution in [2.75, 3.05) is 28.8 Å². The Hall–Kier alpha value is -4.25. The highest BCUT2D eigenvalue weighted by molar-refractivity contribution is 7.92. The van der Waals surface area contributed by atoms with E-state index in [4.69, 9.17) is 14.2 Å². The molecular formula is C22H17N3O7S. The topological polar surface area (TPSA) is 132 Å². The second-order valence-electron chi connectivity index (χ2n) is 7.17. The monoisotopic (exact) mass is 467 g/mol. The minimum atomic E-state index is -4.07. The summed E-state index contributed by atoms with van der Waals surface area (Å²) in [6.07, 6.45) is 0. The number of fused-ring (bicyclic) bond motifs is 2. The molecule has 0 atom stereocenters. The zero-order chi connectivity index (χ0) is 23.0. The van der Waals surface area contributed by atoms with Crippen molar-refractivity contribution < 1.29 is 32.2 Å². The number of hydrogen-bond donors (Lipinski definition) is 3. The van der Waals surface area contributed by atoms with Crippen LogP contribution in [0, 0.1) is 0 Å². The van der Waals surface area contributed by atoms with E-state index >= 15 is 0 Å². The first-order valence-corrected chi connectivity index (χ1v) is 11.3. The molecule has 3 N–H and O–H groups in total. The van der Waals surface area contributed by atoms with E-state index in [2.05, 4.69) is 15.4 Å². The van der Waals surface area contributed by atoms with Crippen molar-refractivity contribution in [3.05, 3.63) is 66.2 Å². The Labute approximate surface area is 188 Å². The largest absolute Gasteiger partial charge is 0.482 e. The maximum atomic E-state index is 13.0. The molecular weight excluding hydrogens is 450 g/mol. The van der Waals surface area contributed by atoms with E-state index in [1.807, 2.05) is 0 Å². The predicted octanol–water partition coefficient (Wildman–Crippen LogP) is 2.80. The highest BCUT2D eigenvalue weighted by atomic mass is 32.2. The van der Waals surface area contributed by atoms with E-state index < -0.39 is 15.9 Å². The highest BCUT2D eigenvalue weighted by Crippen LogP contribution is 2.35. The first-order chi connectivity index (χ1) is 15.9. The fourth-order valence-electron chi connectivity index (χ4n) is 3.38. The Kier molecular flexibility index (Phi) is 5.02. The third kappa shape index (κ3) is 4.13. The summed E-state index contributed by atoms with van der Waals surface area (Å²) in [5.41, 5.74) is 0.928. The van der Waals surface area contributed by atoms with Crippen molar-refractivity contribution in [1.29, 1.82) is 0 Å². The number of carbonyl (C=O) groups excluding carboxylic acids is 2. The molecule has 11 heteroatoms. The van der Waals surface area contributed by atoms with Crippen molar-refractivity contribution in [3.63, 3.8) is 0 Å². The van der Waals surface area contributed by atoms with Crippen molar-refractivity contribution in [2.45, 2.75) is 4.90 Å². The molecule has 0 unspecified atom stereocenters. The zero-order valence-corrected chi connectivity index (χ0v) is 17.8. The number of carbonyl (C=O) groups is 2. The van der Waals surface area contributed by atoms with Crippen LogP contribution in [0.1, 0.15) is 10.4 Å². The molecule has 2 amide bonds. The molecule has 33 heavy (non-hydrogen) atoms. The molecule has 0 aromatic heterocycles. The first-order valence-electron chi connectivity index (χ1n) is 9.79. The van der Waals surface area contributed by atoms with Gasteiger partial charge in [-0.1, -0.05) is 12.1 Å². The summed E-state index contributed by atoms with van der Waals surface area (Å²) < 4.78 is 44.3. The van der Waals surface area contributed by atoms with Crippen LogP contribution in [0.25, 0.3) is 0 Å². The van der Waals surface area contributed by atoms with E-state index in [-0.39, 0.29) is 41.1 Å². The van der Waals surface area contributed by atoms with Crippen LogP contribution in [0.4, 0.5) is 17.1 Å². The molecule has 10 nitrogen and oxygen atoms in total. The Bertz CT molecular complexity index is 1390. The number of anilines is 3. The SMILES string of the molecule is O=C1COc2ccc(S(=O)(=O)Nc3ccccc3C(=O)Nc3ccc4c(c3)OCO4)cc2N1. The second kappa shape index (κ2) is 8.02. The molecule has 0 aliphatic carbocycles. The molecule has 0 radical (unpaired) electrons. The van der Waals surface area contributed by atoms with Gasteiger partial charge in [-0.2, -0.15) is 0 Å². The van der Waals surface area contributed by atoms with Crippen LogP contribution in [-0.4, -0.2) is 33.6 Å². The van der Waals surface area contributed by atoms with Crippen molar-refractivity contribution in [2.24, 2.45) is 0 Å². The quantitative estimate of drug-likeness (QED) is 0.526. The van der Waals surface area contributed by atoms with Crippen LogP contribution in [0.2, 0.25) is 0 Å². The summed E-state index contributed by atoms with van der Waals surface area (Å²) in [4.78, 5) is 24.4. The van der Waals surface area contributed by atoms with E-state index in [1.54, 1.807) is 30.3 Å². The van der Waals surface area contributed by atoms with Gasteiger partial charge >= 0.3 is 0 Å². The van der Waals surface area contributed by atoms with Crippen LogP contribution in [0.15, 0.2) is 65.6 Å². The van der Waals surface area contributed by atoms with Crippen LogP contribution in [0.5, 0.6) is 17.2 Å². The van der Waals surface area contributed by atoms with Gasteiger partial charge in [0.25, 0.3) is 21.8 Å². The normalized spacial score (nSPS) is 14.0. The van der Waals surface area contributed by atoms with Gasteiger partial charge in [0.1, 0.15) is 5.75 Å². The average molecular weight is 467 g/mol. The molecule has 0 saturated carbocycles. The maximum absolute atomic E-state index is 13.0. The number of sulfonamides is 1. The molecule has 0 fully saturated rings. The lowest BCUT2D eigenvalue weighted by molar-refractivity contribution is -0.118. The van der Waals surface area contributed by atoms with Gasteiger partial charge in [0.2, 0.25) is 6.79 Å². The van der Waals surface area contributed by atoms with Gasteiger partial charge in [-0.05, 0) is 42.5 Å². The Morgan fingerprint density at radius 1 is 0.909 bits per heavy atom. The molecule has 0 spiro atoms. The van der Waals surface area contributed by atoms with Crippen LogP contribution in [-0.2, 0) is 14.8 Å². The van der Waals surface area contributed by atoms with Gasteiger partial charge in [-0.15, -0.1) is 0 Å². The Balaban J connectivity index is 1.39. The fraction of sp³-hybridized carbons (Fsp3) is 0.0909. The summed E-state index contributed by atoms with van der Waals surface area (Å²) >= 11 is 0. The van der Waals surface area contributed by atoms with E-state index in [1.165, 1.54) is 30.3 Å². The van der Waals surface area contributed by atoms with Gasteiger partial charge < -0.3 is 24.8 Å². The Morgan fingerprint density at radius 2 is 1.70 bits per heavy atom. The fourth-order valence-corrected chi connectivity index (χ4v) is 4.48. The van der Waals surface area contributed by atoms with Gasteiger partial charge in [-0.3, -0.25) is 14.3 Å². The van der Waals surface area contributed by atoms with Gasteiger partial charge in [-0.25, -0.2) is 8.42 Å². The van der Waals surface area contributed by atoms with Crippen molar-refractivity contribution in [3.8, 4) is 17.2 Å². The van der Waals surface area contributed by atoms with Crippen LogP contribution in [0.3, 0.4) is 0 Å². The van der Waals surface area contributed by atoms with Gasteiger partial charge in [0, 0.05) is 11.8 Å². The molecule has 5 rings (SSSR count). The summed E-state index contributed by atoms with van der Waals surface area (Å²) in [7, 11) is -4.07. The smallest absolute Gasteiger partial charge is 0.262 e. The lowest BCUT2D eigenvalue weighted by atomic mass is 10.1. The number of amides is 2. The van der Waals surface area contributed by atoms with E-state index in [0.717, 1.165) is 0 Å². The number of ether oxygens (including phenoxy) is 3. The summed E-state index contributed by atoms with van der Waals surface area (Å²) in [6, 6.07) is 15.3. The number of para-hydroxylation sites is 1. The molecule has 3 aromatic carbocycles. The third-order valence-corrected chi connectivity index (χ3v) is 6.30. The van der Waals surface area contributed by atoms with Crippen molar-refractivity contribution >= 4 is 38.9 Å². The summed E-state index contributed by atoms with van der Waals surface area (Å²) in [5, 5.41) is 5.30. The molecule has 2 aliphatic rings. The molecule has 0 saturated heterocycles. The molecule has 2 heterocycles. The lowest BCUT2D eigenvalue weighted by Gasteiger charge is -2.19. The summed E-state index contributed by atoms with van der Waals surface area (Å²) in [5.74, 6) is 0.559. The lowest BCUT2D eigenvalue weighted by Crippen LogP contribution is -2.26. The number of benzene rings is 3. The standard InChI is InChI=1S/C22H17N3O7S/c26-21-11-30-18-8-6-14(10-17(18)24-21)33(28,29)25-16-4-2-1-3-15(16)22(27)23-13-5-7-19-20(9-13)32-12-31-19/h1-10,25H,11-12H2,(H,23,27)(H,24,26). The van der Waals surface area contributed by atoms with E-state index in [0.29, 0.717) is 22.9 Å². The van der Waals surface area contributed by atoms with E-state index in [9.17, 15) is 18.0 Å². The zero-order valence-electron chi connectivity index (χ0n) is 17.0. The Morgan fingerprint density at radius 3 is 2.58 bits per heavy atom. The average Bonchev–Trinajstić information content (AvgIpc) is 3.26. The molecule has 168 valence electrons. The number of rotatable bonds is 5. The molecule has 3 aromatic rings. The van der Waals surface area contributed by atoms with Gasteiger partial charge in [0.05, 0.1) is 21.8 Å². The van der Waals surface area contributed by atoms with Crippen molar-refractivity contribution in [1.82, 2.24) is 0 Å². The minimum Gasteiger partial charge on any atom is -0.482 e. The summed E-state index contributed by atoms with van der Waals surface area (Å²) in [6.45, 7) is -0.0287. The van der Waals surface area contributed by atoms with Crippen LogP contribution >= 0.6 is 0 Å². The predicted molar refractivity (Wildman–Crippen MR) is 118 cm³/mol. The minimum absolute atomic E-state index is 0.0914. The first kappa shape index (κ1) is 20.6. The van der Waals surface area contributed by atoms with Gasteiger partial charge in [0.15, 0.2) is 18.1 Å². The number of nitrogens with one attached hydrogen (secondary N) is 3. The number of hydrogen-bond acceptors (Lipinski definition) is 7.